The first kappa shape index (κ1) is 19.1. The molecule has 0 aliphatic carbocycles. The van der Waals surface area contributed by atoms with E-state index >= 15 is 0 Å². The number of imidazole rings is 1. The number of sulfonamides is 1. The Morgan fingerprint density at radius 1 is 1.07 bits per heavy atom. The van der Waals surface area contributed by atoms with Crippen molar-refractivity contribution in [3.05, 3.63) is 89.8 Å². The van der Waals surface area contributed by atoms with E-state index in [4.69, 9.17) is 0 Å². The van der Waals surface area contributed by atoms with Crippen LogP contribution in [-0.4, -0.2) is 17.8 Å². The van der Waals surface area contributed by atoms with Crippen molar-refractivity contribution in [3.8, 4) is 11.3 Å². The van der Waals surface area contributed by atoms with Crippen LogP contribution < -0.4 is 4.72 Å². The van der Waals surface area contributed by atoms with Gasteiger partial charge in [0.15, 0.2) is 0 Å². The standard InChI is InChI=1S/C21H17F2N3O2S/c1-14-3-2-10-26-12-20(24-21(14)26)15-4-7-18(8-5-15)25-29(27,28)13-16-11-17(22)6-9-19(16)23/h2-12,25H,13H2,1H3. The van der Waals surface area contributed by atoms with Crippen molar-refractivity contribution < 1.29 is 17.2 Å². The second-order valence-corrected chi connectivity index (χ2v) is 8.44. The van der Waals surface area contributed by atoms with Crippen molar-refractivity contribution in [2.75, 3.05) is 4.72 Å². The van der Waals surface area contributed by atoms with Gasteiger partial charge in [0.25, 0.3) is 0 Å². The van der Waals surface area contributed by atoms with Gasteiger partial charge in [0, 0.05) is 29.2 Å². The fraction of sp³-hybridized carbons (Fsp3) is 0.0952. The molecular weight excluding hydrogens is 396 g/mol. The zero-order valence-corrected chi connectivity index (χ0v) is 16.2. The maximum Gasteiger partial charge on any atom is 0.237 e. The summed E-state index contributed by atoms with van der Waals surface area (Å²) < 4.78 is 56.0. The molecule has 4 aromatic rings. The Bertz CT molecular complexity index is 1300. The molecule has 5 nitrogen and oxygen atoms in total. The van der Waals surface area contributed by atoms with Crippen LogP contribution in [-0.2, 0) is 15.8 Å². The molecule has 0 aliphatic rings. The van der Waals surface area contributed by atoms with Crippen LogP contribution >= 0.6 is 0 Å². The summed E-state index contributed by atoms with van der Waals surface area (Å²) in [5, 5.41) is 0. The first-order valence-corrected chi connectivity index (χ1v) is 10.5. The molecule has 8 heteroatoms. The summed E-state index contributed by atoms with van der Waals surface area (Å²) in [7, 11) is -3.91. The fourth-order valence-electron chi connectivity index (χ4n) is 3.08. The lowest BCUT2D eigenvalue weighted by Gasteiger charge is -2.09. The number of pyridine rings is 1. The third-order valence-electron chi connectivity index (χ3n) is 4.49. The van der Waals surface area contributed by atoms with Crippen molar-refractivity contribution in [2.24, 2.45) is 0 Å². The Labute approximate surface area is 166 Å². The number of aromatic nitrogens is 2. The van der Waals surface area contributed by atoms with E-state index in [1.54, 1.807) is 24.3 Å². The summed E-state index contributed by atoms with van der Waals surface area (Å²) >= 11 is 0. The number of hydrogen-bond donors (Lipinski definition) is 1. The average Bonchev–Trinajstić information content (AvgIpc) is 3.10. The number of rotatable bonds is 5. The third kappa shape index (κ3) is 4.12. The summed E-state index contributed by atoms with van der Waals surface area (Å²) in [6, 6.07) is 13.3. The quantitative estimate of drug-likeness (QED) is 0.523. The van der Waals surface area contributed by atoms with Crippen LogP contribution in [0.3, 0.4) is 0 Å². The molecule has 0 aliphatic heterocycles. The number of hydrogen-bond acceptors (Lipinski definition) is 3. The predicted molar refractivity (Wildman–Crippen MR) is 108 cm³/mol. The lowest BCUT2D eigenvalue weighted by molar-refractivity contribution is 0.581. The lowest BCUT2D eigenvalue weighted by Crippen LogP contribution is -2.16. The largest absolute Gasteiger partial charge is 0.306 e. The number of benzene rings is 2. The van der Waals surface area contributed by atoms with Crippen LogP contribution in [0.25, 0.3) is 16.9 Å². The smallest absolute Gasteiger partial charge is 0.237 e. The second kappa shape index (κ2) is 7.29. The number of halogens is 2. The van der Waals surface area contributed by atoms with E-state index in [9.17, 15) is 17.2 Å². The molecule has 0 radical (unpaired) electrons. The van der Waals surface area contributed by atoms with Gasteiger partial charge < -0.3 is 4.40 Å². The summed E-state index contributed by atoms with van der Waals surface area (Å²) in [5.74, 6) is -2.12. The Kier molecular flexibility index (Phi) is 4.79. The van der Waals surface area contributed by atoms with Crippen LogP contribution in [0, 0.1) is 18.6 Å². The Morgan fingerprint density at radius 2 is 1.83 bits per heavy atom. The molecule has 2 aromatic heterocycles. The second-order valence-electron chi connectivity index (χ2n) is 6.72. The van der Waals surface area contributed by atoms with Gasteiger partial charge in [-0.05, 0) is 48.9 Å². The molecule has 29 heavy (non-hydrogen) atoms. The van der Waals surface area contributed by atoms with Crippen molar-refractivity contribution in [1.29, 1.82) is 0 Å². The van der Waals surface area contributed by atoms with E-state index in [-0.39, 0.29) is 5.56 Å². The molecule has 0 saturated heterocycles. The van der Waals surface area contributed by atoms with E-state index in [0.717, 1.165) is 40.7 Å². The highest BCUT2D eigenvalue weighted by molar-refractivity contribution is 7.91. The molecule has 2 aromatic carbocycles. The Balaban J connectivity index is 1.54. The monoisotopic (exact) mass is 413 g/mol. The minimum absolute atomic E-state index is 0.228. The number of fused-ring (bicyclic) bond motifs is 1. The van der Waals surface area contributed by atoms with Gasteiger partial charge in [-0.25, -0.2) is 22.2 Å². The van der Waals surface area contributed by atoms with Gasteiger partial charge in [0.2, 0.25) is 10.0 Å². The maximum absolute atomic E-state index is 13.7. The summed E-state index contributed by atoms with van der Waals surface area (Å²) in [5.41, 5.74) is 3.58. The van der Waals surface area contributed by atoms with Gasteiger partial charge in [-0.2, -0.15) is 0 Å². The zero-order valence-electron chi connectivity index (χ0n) is 15.4. The van der Waals surface area contributed by atoms with Gasteiger partial charge in [-0.3, -0.25) is 4.72 Å². The number of nitrogens with one attached hydrogen (secondary N) is 1. The zero-order chi connectivity index (χ0) is 20.6. The molecule has 148 valence electrons. The molecular formula is C21H17F2N3O2S. The molecule has 0 bridgehead atoms. The topological polar surface area (TPSA) is 63.5 Å². The highest BCUT2D eigenvalue weighted by atomic mass is 32.2. The van der Waals surface area contributed by atoms with Crippen LogP contribution in [0.1, 0.15) is 11.1 Å². The molecule has 2 heterocycles. The van der Waals surface area contributed by atoms with Crippen LogP contribution in [0.4, 0.5) is 14.5 Å². The number of nitrogens with zero attached hydrogens (tertiary/aromatic N) is 2. The van der Waals surface area contributed by atoms with Gasteiger partial charge in [0.1, 0.15) is 17.3 Å². The molecule has 0 amide bonds. The van der Waals surface area contributed by atoms with E-state index in [1.165, 1.54) is 0 Å². The Morgan fingerprint density at radius 3 is 2.55 bits per heavy atom. The summed E-state index contributed by atoms with van der Waals surface area (Å²) in [6.45, 7) is 1.98. The number of aryl methyl sites for hydroxylation is 1. The molecule has 0 atom stereocenters. The summed E-state index contributed by atoms with van der Waals surface area (Å²) in [6.07, 6.45) is 3.81. The first-order valence-electron chi connectivity index (χ1n) is 8.80. The van der Waals surface area contributed by atoms with Crippen molar-refractivity contribution in [1.82, 2.24) is 9.38 Å². The van der Waals surface area contributed by atoms with E-state index in [2.05, 4.69) is 9.71 Å². The Hall–Kier alpha value is -3.26. The average molecular weight is 413 g/mol. The van der Waals surface area contributed by atoms with E-state index in [1.807, 2.05) is 35.9 Å². The maximum atomic E-state index is 13.7. The van der Waals surface area contributed by atoms with Crippen molar-refractivity contribution in [3.63, 3.8) is 0 Å². The third-order valence-corrected chi connectivity index (χ3v) is 5.72. The lowest BCUT2D eigenvalue weighted by atomic mass is 10.1. The van der Waals surface area contributed by atoms with Crippen LogP contribution in [0.5, 0.6) is 0 Å². The molecule has 0 unspecified atom stereocenters. The number of anilines is 1. The molecule has 1 N–H and O–H groups in total. The van der Waals surface area contributed by atoms with Gasteiger partial charge >= 0.3 is 0 Å². The van der Waals surface area contributed by atoms with E-state index in [0.29, 0.717) is 5.69 Å². The van der Waals surface area contributed by atoms with E-state index < -0.39 is 27.4 Å². The van der Waals surface area contributed by atoms with Gasteiger partial charge in [-0.15, -0.1) is 0 Å². The van der Waals surface area contributed by atoms with Crippen molar-refractivity contribution in [2.45, 2.75) is 12.7 Å². The van der Waals surface area contributed by atoms with Crippen LogP contribution in [0.15, 0.2) is 67.0 Å². The molecule has 0 saturated carbocycles. The van der Waals surface area contributed by atoms with Crippen LogP contribution in [0.2, 0.25) is 0 Å². The molecule has 0 spiro atoms. The predicted octanol–water partition coefficient (Wildman–Crippen LogP) is 4.53. The summed E-state index contributed by atoms with van der Waals surface area (Å²) in [4.78, 5) is 4.61. The van der Waals surface area contributed by atoms with Gasteiger partial charge in [-0.1, -0.05) is 18.2 Å². The molecule has 4 rings (SSSR count). The first-order chi connectivity index (χ1) is 13.8. The highest BCUT2D eigenvalue weighted by Gasteiger charge is 2.16. The van der Waals surface area contributed by atoms with Gasteiger partial charge in [0.05, 0.1) is 11.4 Å². The normalized spacial score (nSPS) is 11.7. The fourth-order valence-corrected chi connectivity index (χ4v) is 4.27. The molecule has 0 fully saturated rings. The van der Waals surface area contributed by atoms with Crippen molar-refractivity contribution >= 4 is 21.4 Å². The highest BCUT2D eigenvalue weighted by Crippen LogP contribution is 2.23. The minimum atomic E-state index is -3.91. The SMILES string of the molecule is Cc1cccn2cc(-c3ccc(NS(=O)(=O)Cc4cc(F)ccc4F)cc3)nc12. The minimum Gasteiger partial charge on any atom is -0.306 e.